The first kappa shape index (κ1) is 20.2. The van der Waals surface area contributed by atoms with E-state index in [-0.39, 0.29) is 6.04 Å². The second-order valence-electron chi connectivity index (χ2n) is 7.36. The molecule has 142 valence electrons. The number of sulfonamides is 1. The highest BCUT2D eigenvalue weighted by Crippen LogP contribution is 2.22. The van der Waals surface area contributed by atoms with Crippen molar-refractivity contribution in [3.63, 3.8) is 0 Å². The van der Waals surface area contributed by atoms with E-state index in [0.29, 0.717) is 23.1 Å². The van der Waals surface area contributed by atoms with Crippen LogP contribution >= 0.6 is 0 Å². The molecule has 1 aromatic rings. The van der Waals surface area contributed by atoms with Crippen LogP contribution in [0.5, 0.6) is 5.75 Å². The normalized spacial score (nSPS) is 17.6. The number of rotatable bonds is 8. The number of likely N-dealkylation sites (tertiary alicyclic amines) is 1. The third kappa shape index (κ3) is 5.69. The van der Waals surface area contributed by atoms with Gasteiger partial charge in [-0.15, -0.1) is 0 Å². The molecule has 0 amide bonds. The Morgan fingerprint density at radius 3 is 2.44 bits per heavy atom. The monoisotopic (exact) mass is 368 g/mol. The summed E-state index contributed by atoms with van der Waals surface area (Å²) in [4.78, 5) is 2.75. The van der Waals surface area contributed by atoms with Gasteiger partial charge in [-0.3, -0.25) is 4.90 Å². The van der Waals surface area contributed by atoms with Crippen LogP contribution in [0.2, 0.25) is 0 Å². The molecule has 0 saturated carbocycles. The predicted molar refractivity (Wildman–Crippen MR) is 102 cm³/mol. The van der Waals surface area contributed by atoms with Gasteiger partial charge >= 0.3 is 0 Å². The second kappa shape index (κ2) is 9.01. The minimum Gasteiger partial charge on any atom is -0.496 e. The zero-order valence-electron chi connectivity index (χ0n) is 15.9. The van der Waals surface area contributed by atoms with E-state index in [9.17, 15) is 8.42 Å². The highest BCUT2D eigenvalue weighted by Gasteiger charge is 2.24. The average molecular weight is 369 g/mol. The van der Waals surface area contributed by atoms with Gasteiger partial charge in [0.15, 0.2) is 0 Å². The van der Waals surface area contributed by atoms with E-state index in [1.165, 1.54) is 19.3 Å². The minimum absolute atomic E-state index is 0.259. The number of hydrogen-bond acceptors (Lipinski definition) is 4. The van der Waals surface area contributed by atoms with E-state index in [1.807, 2.05) is 6.92 Å². The molecule has 5 nitrogen and oxygen atoms in total. The molecule has 0 aromatic heterocycles. The lowest BCUT2D eigenvalue weighted by Crippen LogP contribution is -2.46. The molecule has 1 heterocycles. The maximum Gasteiger partial charge on any atom is 0.240 e. The van der Waals surface area contributed by atoms with Crippen LogP contribution in [0, 0.1) is 12.8 Å². The zero-order valence-corrected chi connectivity index (χ0v) is 16.7. The van der Waals surface area contributed by atoms with Crippen molar-refractivity contribution in [2.45, 2.75) is 57.4 Å². The molecular formula is C19H32N2O3S. The molecular weight excluding hydrogens is 336 g/mol. The van der Waals surface area contributed by atoms with Gasteiger partial charge in [-0.2, -0.15) is 0 Å². The summed E-state index contributed by atoms with van der Waals surface area (Å²) in [5, 5.41) is 0. The smallest absolute Gasteiger partial charge is 0.240 e. The molecule has 1 saturated heterocycles. The maximum atomic E-state index is 12.7. The van der Waals surface area contributed by atoms with Gasteiger partial charge in [0.25, 0.3) is 0 Å². The molecule has 1 N–H and O–H groups in total. The Bertz CT molecular complexity index is 653. The quantitative estimate of drug-likeness (QED) is 0.766. The number of methoxy groups -OCH3 is 1. The maximum absolute atomic E-state index is 12.7. The SMILES string of the molecule is COc1ccc(S(=O)(=O)NCC(CC(C)C)N2CCCCC2)cc1C. The Kier molecular flexibility index (Phi) is 7.28. The molecule has 1 unspecified atom stereocenters. The average Bonchev–Trinajstić information content (AvgIpc) is 2.59. The highest BCUT2D eigenvalue weighted by molar-refractivity contribution is 7.89. The highest BCUT2D eigenvalue weighted by atomic mass is 32.2. The molecule has 25 heavy (non-hydrogen) atoms. The third-order valence-electron chi connectivity index (χ3n) is 4.84. The molecule has 1 atom stereocenters. The van der Waals surface area contributed by atoms with Crippen LogP contribution in [-0.4, -0.2) is 46.1 Å². The lowest BCUT2D eigenvalue weighted by molar-refractivity contribution is 0.146. The van der Waals surface area contributed by atoms with E-state index in [2.05, 4.69) is 23.5 Å². The van der Waals surface area contributed by atoms with Gasteiger partial charge in [-0.1, -0.05) is 20.3 Å². The van der Waals surface area contributed by atoms with E-state index in [0.717, 1.165) is 25.1 Å². The van der Waals surface area contributed by atoms with Crippen LogP contribution < -0.4 is 9.46 Å². The summed E-state index contributed by atoms with van der Waals surface area (Å²) >= 11 is 0. The van der Waals surface area contributed by atoms with Crippen LogP contribution in [-0.2, 0) is 10.0 Å². The first-order valence-electron chi connectivity index (χ1n) is 9.22. The molecule has 0 radical (unpaired) electrons. The van der Waals surface area contributed by atoms with E-state index in [1.54, 1.807) is 25.3 Å². The van der Waals surface area contributed by atoms with Crippen molar-refractivity contribution in [2.24, 2.45) is 5.92 Å². The summed E-state index contributed by atoms with van der Waals surface area (Å²) in [6.45, 7) is 8.84. The fraction of sp³-hybridized carbons (Fsp3) is 0.684. The lowest BCUT2D eigenvalue weighted by atomic mass is 10.00. The first-order valence-corrected chi connectivity index (χ1v) is 10.7. The van der Waals surface area contributed by atoms with Crippen molar-refractivity contribution in [1.29, 1.82) is 0 Å². The van der Waals surface area contributed by atoms with Crippen LogP contribution in [0.4, 0.5) is 0 Å². The van der Waals surface area contributed by atoms with Crippen molar-refractivity contribution in [1.82, 2.24) is 9.62 Å². The molecule has 1 aliphatic heterocycles. The summed E-state index contributed by atoms with van der Waals surface area (Å²) in [7, 11) is -1.92. The summed E-state index contributed by atoms with van der Waals surface area (Å²) in [5.41, 5.74) is 0.820. The van der Waals surface area contributed by atoms with Crippen LogP contribution in [0.3, 0.4) is 0 Å². The number of hydrogen-bond donors (Lipinski definition) is 1. The fourth-order valence-electron chi connectivity index (χ4n) is 3.50. The van der Waals surface area contributed by atoms with Crippen molar-refractivity contribution >= 4 is 10.0 Å². The van der Waals surface area contributed by atoms with E-state index in [4.69, 9.17) is 4.74 Å². The largest absolute Gasteiger partial charge is 0.496 e. The third-order valence-corrected chi connectivity index (χ3v) is 6.26. The Labute approximate surface area is 152 Å². The minimum atomic E-state index is -3.51. The predicted octanol–water partition coefficient (Wildman–Crippen LogP) is 3.18. The Morgan fingerprint density at radius 2 is 1.88 bits per heavy atom. The van der Waals surface area contributed by atoms with E-state index < -0.39 is 10.0 Å². The van der Waals surface area contributed by atoms with Crippen molar-refractivity contribution in [3.05, 3.63) is 23.8 Å². The van der Waals surface area contributed by atoms with Crippen molar-refractivity contribution in [3.8, 4) is 5.75 Å². The number of ether oxygens (including phenoxy) is 1. The van der Waals surface area contributed by atoms with Crippen molar-refractivity contribution < 1.29 is 13.2 Å². The van der Waals surface area contributed by atoms with Crippen LogP contribution in [0.25, 0.3) is 0 Å². The van der Waals surface area contributed by atoms with Gasteiger partial charge in [-0.25, -0.2) is 13.1 Å². The van der Waals surface area contributed by atoms with Gasteiger partial charge in [0, 0.05) is 12.6 Å². The second-order valence-corrected chi connectivity index (χ2v) is 9.13. The van der Waals surface area contributed by atoms with Crippen LogP contribution in [0.1, 0.15) is 45.1 Å². The molecule has 1 fully saturated rings. The number of nitrogens with one attached hydrogen (secondary N) is 1. The molecule has 2 rings (SSSR count). The van der Waals surface area contributed by atoms with Gasteiger partial charge < -0.3 is 4.74 Å². The lowest BCUT2D eigenvalue weighted by Gasteiger charge is -2.35. The molecule has 1 aromatic carbocycles. The Hall–Kier alpha value is -1.11. The van der Waals surface area contributed by atoms with Crippen molar-refractivity contribution in [2.75, 3.05) is 26.7 Å². The Morgan fingerprint density at radius 1 is 1.20 bits per heavy atom. The van der Waals surface area contributed by atoms with Crippen LogP contribution in [0.15, 0.2) is 23.1 Å². The van der Waals surface area contributed by atoms with Gasteiger partial charge in [-0.05, 0) is 69.0 Å². The topological polar surface area (TPSA) is 58.6 Å². The summed E-state index contributed by atoms with van der Waals surface area (Å²) < 4.78 is 33.4. The van der Waals surface area contributed by atoms with Gasteiger partial charge in [0.1, 0.15) is 5.75 Å². The summed E-state index contributed by atoms with van der Waals surface area (Å²) in [6, 6.07) is 5.24. The number of nitrogens with zero attached hydrogens (tertiary/aromatic N) is 1. The number of aryl methyl sites for hydroxylation is 1. The molecule has 6 heteroatoms. The molecule has 0 aliphatic carbocycles. The summed E-state index contributed by atoms with van der Waals surface area (Å²) in [5.74, 6) is 1.24. The zero-order chi connectivity index (χ0) is 18.4. The number of benzene rings is 1. The van der Waals surface area contributed by atoms with Gasteiger partial charge in [0.05, 0.1) is 12.0 Å². The van der Waals surface area contributed by atoms with E-state index >= 15 is 0 Å². The fourth-order valence-corrected chi connectivity index (χ4v) is 4.65. The Balaban J connectivity index is 2.07. The van der Waals surface area contributed by atoms with Gasteiger partial charge in [0.2, 0.25) is 10.0 Å². The first-order chi connectivity index (χ1) is 11.8. The summed E-state index contributed by atoms with van der Waals surface area (Å²) in [6.07, 6.45) is 4.70. The molecule has 0 bridgehead atoms. The molecule has 1 aliphatic rings. The standard InChI is InChI=1S/C19H32N2O3S/c1-15(2)12-17(21-10-6-5-7-11-21)14-20-25(22,23)18-8-9-19(24-4)16(3)13-18/h8-9,13,15,17,20H,5-7,10-12,14H2,1-4H3. The number of piperidine rings is 1. The molecule has 0 spiro atoms.